The summed E-state index contributed by atoms with van der Waals surface area (Å²) in [7, 11) is 1.70. The molecule has 2 atom stereocenters. The molecule has 21 heavy (non-hydrogen) atoms. The highest BCUT2D eigenvalue weighted by Crippen LogP contribution is 2.30. The van der Waals surface area contributed by atoms with Gasteiger partial charge in [-0.3, -0.25) is 10.1 Å². The molecule has 0 aliphatic carbocycles. The van der Waals surface area contributed by atoms with Crippen molar-refractivity contribution >= 4 is 5.91 Å². The van der Waals surface area contributed by atoms with Gasteiger partial charge >= 0.3 is 0 Å². The summed E-state index contributed by atoms with van der Waals surface area (Å²) in [6, 6.07) is 8.17. The third kappa shape index (κ3) is 2.69. The molecule has 0 bridgehead atoms. The van der Waals surface area contributed by atoms with E-state index in [-0.39, 0.29) is 17.7 Å². The standard InChI is InChI=1S/C16H22N2O3/c1-12-5-3-4-6-13(12)15-17-9-14(19)18(15)10-16(20-2)7-8-21-11-16/h3-6,15,17H,7-11H2,1-2H3. The van der Waals surface area contributed by atoms with Crippen LogP contribution in [-0.2, 0) is 14.3 Å². The number of carbonyl (C=O) groups excluding carboxylic acids is 1. The fourth-order valence-corrected chi connectivity index (χ4v) is 3.14. The molecule has 5 heteroatoms. The second-order valence-electron chi connectivity index (χ2n) is 5.85. The van der Waals surface area contributed by atoms with Gasteiger partial charge < -0.3 is 14.4 Å². The van der Waals surface area contributed by atoms with Crippen LogP contribution in [0, 0.1) is 6.92 Å². The van der Waals surface area contributed by atoms with Gasteiger partial charge in [0.05, 0.1) is 19.7 Å². The molecular weight excluding hydrogens is 268 g/mol. The molecule has 5 nitrogen and oxygen atoms in total. The van der Waals surface area contributed by atoms with Gasteiger partial charge in [-0.15, -0.1) is 0 Å². The molecule has 114 valence electrons. The van der Waals surface area contributed by atoms with E-state index in [4.69, 9.17) is 9.47 Å². The Morgan fingerprint density at radius 1 is 1.48 bits per heavy atom. The Labute approximate surface area is 125 Å². The van der Waals surface area contributed by atoms with Gasteiger partial charge in [0.2, 0.25) is 5.91 Å². The van der Waals surface area contributed by atoms with Crippen molar-refractivity contribution in [2.75, 3.05) is 33.4 Å². The summed E-state index contributed by atoms with van der Waals surface area (Å²) in [6.07, 6.45) is 0.750. The van der Waals surface area contributed by atoms with Crippen LogP contribution in [0.25, 0.3) is 0 Å². The lowest BCUT2D eigenvalue weighted by Gasteiger charge is -2.34. The Bertz CT molecular complexity index is 526. The first kappa shape index (κ1) is 14.5. The number of nitrogens with zero attached hydrogens (tertiary/aromatic N) is 1. The topological polar surface area (TPSA) is 50.8 Å². The Balaban J connectivity index is 1.85. The van der Waals surface area contributed by atoms with Crippen molar-refractivity contribution in [3.63, 3.8) is 0 Å². The van der Waals surface area contributed by atoms with Gasteiger partial charge in [-0.2, -0.15) is 0 Å². The first-order valence-corrected chi connectivity index (χ1v) is 7.36. The molecule has 1 amide bonds. The zero-order chi connectivity index (χ0) is 14.9. The summed E-state index contributed by atoms with van der Waals surface area (Å²) in [5, 5.41) is 3.31. The maximum atomic E-state index is 12.3. The van der Waals surface area contributed by atoms with E-state index in [1.807, 2.05) is 17.0 Å². The number of benzene rings is 1. The van der Waals surface area contributed by atoms with Crippen LogP contribution in [-0.4, -0.2) is 49.8 Å². The molecule has 1 aromatic carbocycles. The van der Waals surface area contributed by atoms with Gasteiger partial charge in [-0.1, -0.05) is 24.3 Å². The highest BCUT2D eigenvalue weighted by atomic mass is 16.5. The van der Waals surface area contributed by atoms with E-state index >= 15 is 0 Å². The number of nitrogens with one attached hydrogen (secondary N) is 1. The summed E-state index contributed by atoms with van der Waals surface area (Å²) < 4.78 is 11.2. The SMILES string of the molecule is COC1(CN2C(=O)CNC2c2ccccc2C)CCOC1. The van der Waals surface area contributed by atoms with Crippen LogP contribution in [0.3, 0.4) is 0 Å². The first-order chi connectivity index (χ1) is 10.2. The molecule has 2 saturated heterocycles. The second kappa shape index (κ2) is 5.75. The maximum absolute atomic E-state index is 12.3. The van der Waals surface area contributed by atoms with Crippen molar-refractivity contribution in [1.29, 1.82) is 0 Å². The first-order valence-electron chi connectivity index (χ1n) is 7.36. The predicted octanol–water partition coefficient (Wildman–Crippen LogP) is 1.23. The van der Waals surface area contributed by atoms with E-state index < -0.39 is 0 Å². The number of hydrogen-bond donors (Lipinski definition) is 1. The number of carbonyl (C=O) groups is 1. The molecule has 2 fully saturated rings. The molecule has 2 heterocycles. The van der Waals surface area contributed by atoms with Crippen LogP contribution in [0.4, 0.5) is 0 Å². The van der Waals surface area contributed by atoms with Crippen LogP contribution in [0.2, 0.25) is 0 Å². The summed E-state index contributed by atoms with van der Waals surface area (Å²) in [5.41, 5.74) is 1.96. The molecule has 0 radical (unpaired) electrons. The van der Waals surface area contributed by atoms with Gasteiger partial charge in [0.1, 0.15) is 11.8 Å². The third-order valence-electron chi connectivity index (χ3n) is 4.52. The number of methoxy groups -OCH3 is 1. The van der Waals surface area contributed by atoms with Gasteiger partial charge in [0.25, 0.3) is 0 Å². The Kier molecular flexibility index (Phi) is 3.97. The number of aryl methyl sites for hydroxylation is 1. The minimum Gasteiger partial charge on any atom is -0.378 e. The van der Waals surface area contributed by atoms with Crippen molar-refractivity contribution in [2.45, 2.75) is 25.1 Å². The van der Waals surface area contributed by atoms with Crippen LogP contribution in [0.1, 0.15) is 23.7 Å². The van der Waals surface area contributed by atoms with E-state index in [2.05, 4.69) is 24.4 Å². The fourth-order valence-electron chi connectivity index (χ4n) is 3.14. The lowest BCUT2D eigenvalue weighted by molar-refractivity contribution is -0.133. The monoisotopic (exact) mass is 290 g/mol. The second-order valence-corrected chi connectivity index (χ2v) is 5.85. The van der Waals surface area contributed by atoms with Gasteiger partial charge in [0.15, 0.2) is 0 Å². The molecule has 0 aromatic heterocycles. The average molecular weight is 290 g/mol. The Hall–Kier alpha value is -1.43. The van der Waals surface area contributed by atoms with Gasteiger partial charge in [0, 0.05) is 20.1 Å². The van der Waals surface area contributed by atoms with E-state index in [0.717, 1.165) is 12.0 Å². The van der Waals surface area contributed by atoms with Gasteiger partial charge in [-0.25, -0.2) is 0 Å². The van der Waals surface area contributed by atoms with Crippen LogP contribution in [0.15, 0.2) is 24.3 Å². The summed E-state index contributed by atoms with van der Waals surface area (Å²) in [4.78, 5) is 14.2. The smallest absolute Gasteiger partial charge is 0.238 e. The molecule has 0 spiro atoms. The highest BCUT2D eigenvalue weighted by Gasteiger charge is 2.42. The van der Waals surface area contributed by atoms with Crippen molar-refractivity contribution < 1.29 is 14.3 Å². The molecule has 3 rings (SSSR count). The minimum absolute atomic E-state index is 0.0775. The van der Waals surface area contributed by atoms with Crippen LogP contribution >= 0.6 is 0 Å². The zero-order valence-electron chi connectivity index (χ0n) is 12.6. The quantitative estimate of drug-likeness (QED) is 0.906. The van der Waals surface area contributed by atoms with E-state index in [0.29, 0.717) is 26.3 Å². The van der Waals surface area contributed by atoms with Crippen molar-refractivity contribution in [2.24, 2.45) is 0 Å². The Morgan fingerprint density at radius 2 is 2.29 bits per heavy atom. The highest BCUT2D eigenvalue weighted by molar-refractivity contribution is 5.81. The van der Waals surface area contributed by atoms with Crippen molar-refractivity contribution in [1.82, 2.24) is 10.2 Å². The summed E-state index contributed by atoms with van der Waals surface area (Å²) >= 11 is 0. The normalized spacial score (nSPS) is 29.3. The largest absolute Gasteiger partial charge is 0.378 e. The molecule has 1 aromatic rings. The predicted molar refractivity (Wildman–Crippen MR) is 78.8 cm³/mol. The van der Waals surface area contributed by atoms with E-state index in [9.17, 15) is 4.79 Å². The lowest BCUT2D eigenvalue weighted by atomic mass is 10.0. The maximum Gasteiger partial charge on any atom is 0.238 e. The zero-order valence-corrected chi connectivity index (χ0v) is 12.6. The molecule has 2 aliphatic heterocycles. The average Bonchev–Trinajstić information content (AvgIpc) is 3.09. The molecule has 1 N–H and O–H groups in total. The van der Waals surface area contributed by atoms with Gasteiger partial charge in [-0.05, 0) is 18.1 Å². The fraction of sp³-hybridized carbons (Fsp3) is 0.562. The number of amides is 1. The number of hydrogen-bond acceptors (Lipinski definition) is 4. The number of rotatable bonds is 4. The van der Waals surface area contributed by atoms with E-state index in [1.54, 1.807) is 7.11 Å². The van der Waals surface area contributed by atoms with Crippen molar-refractivity contribution in [3.8, 4) is 0 Å². The summed E-state index contributed by atoms with van der Waals surface area (Å²) in [5.74, 6) is 0.117. The molecule has 0 saturated carbocycles. The molecule has 2 aliphatic rings. The van der Waals surface area contributed by atoms with Crippen molar-refractivity contribution in [3.05, 3.63) is 35.4 Å². The lowest BCUT2D eigenvalue weighted by Crippen LogP contribution is -2.47. The third-order valence-corrected chi connectivity index (χ3v) is 4.52. The number of ether oxygens (including phenoxy) is 2. The molecular formula is C16H22N2O3. The van der Waals surface area contributed by atoms with Crippen LogP contribution in [0.5, 0.6) is 0 Å². The summed E-state index contributed by atoms with van der Waals surface area (Å²) in [6.45, 7) is 4.25. The van der Waals surface area contributed by atoms with E-state index in [1.165, 1.54) is 5.56 Å². The molecule has 2 unspecified atom stereocenters. The minimum atomic E-state index is -0.372. The van der Waals surface area contributed by atoms with Crippen LogP contribution < -0.4 is 5.32 Å². The Morgan fingerprint density at radius 3 is 2.95 bits per heavy atom.